The lowest BCUT2D eigenvalue weighted by atomic mass is 9.74. The summed E-state index contributed by atoms with van der Waals surface area (Å²) in [6.07, 6.45) is 9.55. The van der Waals surface area contributed by atoms with Crippen LogP contribution >= 0.6 is 0 Å². The summed E-state index contributed by atoms with van der Waals surface area (Å²) >= 11 is 0. The molecule has 3 aliphatic rings. The van der Waals surface area contributed by atoms with E-state index in [2.05, 4.69) is 38.4 Å². The zero-order chi connectivity index (χ0) is 24.7. The van der Waals surface area contributed by atoms with Crippen molar-refractivity contribution in [2.75, 3.05) is 0 Å². The third-order valence-electron chi connectivity index (χ3n) is 8.57. The van der Waals surface area contributed by atoms with Gasteiger partial charge in [-0.1, -0.05) is 18.2 Å². The molecule has 2 aromatic heterocycles. The number of carbonyl (C=O) groups excluding carboxylic acids is 1. The number of pyridine rings is 1. The van der Waals surface area contributed by atoms with Gasteiger partial charge in [-0.2, -0.15) is 5.10 Å². The molecule has 190 valence electrons. The van der Waals surface area contributed by atoms with Gasteiger partial charge >= 0.3 is 0 Å². The number of aromatic nitrogens is 3. The van der Waals surface area contributed by atoms with Gasteiger partial charge in [0.2, 0.25) is 5.91 Å². The Labute approximate surface area is 211 Å². The number of aryl methyl sites for hydroxylation is 1. The minimum atomic E-state index is -0.869. The minimum absolute atomic E-state index is 0.00321. The zero-order valence-electron chi connectivity index (χ0n) is 20.9. The number of fused-ring (bicyclic) bond motifs is 2. The van der Waals surface area contributed by atoms with Crippen LogP contribution in [0.4, 0.5) is 0 Å². The fraction of sp³-hybridized carbons (Fsp3) is 0.536. The van der Waals surface area contributed by atoms with E-state index in [1.807, 2.05) is 48.3 Å². The summed E-state index contributed by atoms with van der Waals surface area (Å²) in [5.74, 6) is 0.514. The second kappa shape index (κ2) is 9.57. The summed E-state index contributed by atoms with van der Waals surface area (Å²) in [4.78, 5) is 17.7. The van der Waals surface area contributed by atoms with Crippen molar-refractivity contribution in [2.24, 2.45) is 11.8 Å². The van der Waals surface area contributed by atoms with E-state index >= 15 is 0 Å². The monoisotopic (exact) mass is 488 g/mol. The Morgan fingerprint density at radius 2 is 2.11 bits per heavy atom. The average Bonchev–Trinajstić information content (AvgIpc) is 3.48. The zero-order valence-corrected chi connectivity index (χ0v) is 20.9. The van der Waals surface area contributed by atoms with Gasteiger partial charge in [0.15, 0.2) is 0 Å². The normalized spacial score (nSPS) is 32.3. The first-order chi connectivity index (χ1) is 17.5. The third-order valence-corrected chi connectivity index (χ3v) is 8.57. The second-order valence-electron chi connectivity index (χ2n) is 11.2. The van der Waals surface area contributed by atoms with Crippen molar-refractivity contribution < 1.29 is 9.90 Å². The third kappa shape index (κ3) is 4.65. The molecule has 1 amide bonds. The maximum absolute atomic E-state index is 13.4. The molecule has 3 aromatic rings. The fourth-order valence-corrected chi connectivity index (χ4v) is 6.74. The van der Waals surface area contributed by atoms with E-state index in [1.165, 1.54) is 5.56 Å². The maximum atomic E-state index is 13.4. The number of hydrogen-bond acceptors (Lipinski definition) is 6. The molecule has 8 nitrogen and oxygen atoms in total. The molecule has 0 radical (unpaired) electrons. The molecule has 0 bridgehead atoms. The first-order valence-electron chi connectivity index (χ1n) is 13.3. The highest BCUT2D eigenvalue weighted by atomic mass is 16.3. The Kier molecular flexibility index (Phi) is 6.27. The van der Waals surface area contributed by atoms with Gasteiger partial charge < -0.3 is 10.4 Å². The van der Waals surface area contributed by atoms with Crippen molar-refractivity contribution in [1.29, 1.82) is 0 Å². The standard InChI is InChI=1S/C28H36N6O2/c1-18-13-19(10-12-29-18)26-23-14-20(8-9-24(23)32-33-26)27(35)31-22-6-4-11-28(36,15-22)17-34-25-7-3-2-5-21(25)16-30-34/h2-3,5,7,10,12-13,16,20,22-24,26,32-33,36H,4,6,8-9,11,14-15,17H2,1H3,(H,31,35)/t20?,22-,23?,24?,26?,28-/m1/s1. The lowest BCUT2D eigenvalue weighted by Crippen LogP contribution is -2.50. The Hall–Kier alpha value is -2.81. The summed E-state index contributed by atoms with van der Waals surface area (Å²) in [6, 6.07) is 12.9. The highest BCUT2D eigenvalue weighted by molar-refractivity contribution is 5.79. The molecule has 3 fully saturated rings. The van der Waals surface area contributed by atoms with E-state index in [4.69, 9.17) is 0 Å². The molecule has 8 heteroatoms. The van der Waals surface area contributed by atoms with Crippen molar-refractivity contribution in [2.45, 2.75) is 82.1 Å². The van der Waals surface area contributed by atoms with Gasteiger partial charge in [0.25, 0.3) is 0 Å². The van der Waals surface area contributed by atoms with Crippen molar-refractivity contribution in [3.63, 3.8) is 0 Å². The lowest BCUT2D eigenvalue weighted by molar-refractivity contribution is -0.128. The molecule has 2 saturated carbocycles. The summed E-state index contributed by atoms with van der Waals surface area (Å²) in [6.45, 7) is 2.46. The number of carbonyl (C=O) groups is 1. The lowest BCUT2D eigenvalue weighted by Gasteiger charge is -2.38. The van der Waals surface area contributed by atoms with Gasteiger partial charge in [0.05, 0.1) is 29.9 Å². The van der Waals surface area contributed by atoms with Gasteiger partial charge in [-0.15, -0.1) is 0 Å². The van der Waals surface area contributed by atoms with E-state index < -0.39 is 5.60 Å². The molecule has 1 aliphatic heterocycles. The molecule has 36 heavy (non-hydrogen) atoms. The number of nitrogens with one attached hydrogen (secondary N) is 3. The fourth-order valence-electron chi connectivity index (χ4n) is 6.74. The molecular weight excluding hydrogens is 452 g/mol. The van der Waals surface area contributed by atoms with Crippen LogP contribution in [-0.4, -0.2) is 43.5 Å². The molecule has 4 N–H and O–H groups in total. The van der Waals surface area contributed by atoms with Crippen LogP contribution in [0.25, 0.3) is 10.9 Å². The molecule has 6 rings (SSSR count). The van der Waals surface area contributed by atoms with Crippen LogP contribution in [0.5, 0.6) is 0 Å². The van der Waals surface area contributed by atoms with Crippen molar-refractivity contribution >= 4 is 16.8 Å². The first-order valence-corrected chi connectivity index (χ1v) is 13.3. The Morgan fingerprint density at radius 3 is 3.00 bits per heavy atom. The Morgan fingerprint density at radius 1 is 1.22 bits per heavy atom. The van der Waals surface area contributed by atoms with E-state index in [0.717, 1.165) is 55.1 Å². The molecule has 4 unspecified atom stereocenters. The quantitative estimate of drug-likeness (QED) is 0.440. The highest BCUT2D eigenvalue weighted by Gasteiger charge is 2.43. The predicted octanol–water partition coefficient (Wildman–Crippen LogP) is 3.16. The Balaban J connectivity index is 1.09. The van der Waals surface area contributed by atoms with Gasteiger partial charge in [-0.25, -0.2) is 5.43 Å². The maximum Gasteiger partial charge on any atom is 0.223 e. The van der Waals surface area contributed by atoms with Crippen LogP contribution in [0.1, 0.15) is 62.2 Å². The summed E-state index contributed by atoms with van der Waals surface area (Å²) in [5, 5.41) is 20.4. The number of para-hydroxylation sites is 1. The summed E-state index contributed by atoms with van der Waals surface area (Å²) < 4.78 is 1.90. The van der Waals surface area contributed by atoms with Crippen LogP contribution < -0.4 is 16.2 Å². The number of amides is 1. The van der Waals surface area contributed by atoms with Crippen molar-refractivity contribution in [3.05, 3.63) is 60.0 Å². The van der Waals surface area contributed by atoms with Crippen LogP contribution in [0.2, 0.25) is 0 Å². The number of hydrazine groups is 1. The van der Waals surface area contributed by atoms with Crippen molar-refractivity contribution in [1.82, 2.24) is 30.9 Å². The number of benzene rings is 1. The molecule has 1 aromatic carbocycles. The van der Waals surface area contributed by atoms with E-state index in [1.54, 1.807) is 0 Å². The van der Waals surface area contributed by atoms with Gasteiger partial charge in [-0.3, -0.25) is 19.9 Å². The molecule has 3 heterocycles. The van der Waals surface area contributed by atoms with Crippen LogP contribution in [0.3, 0.4) is 0 Å². The molecule has 6 atom stereocenters. The smallest absolute Gasteiger partial charge is 0.223 e. The number of hydrogen-bond donors (Lipinski definition) is 4. The number of nitrogens with zero attached hydrogens (tertiary/aromatic N) is 3. The van der Waals surface area contributed by atoms with Gasteiger partial charge in [0, 0.05) is 35.3 Å². The van der Waals surface area contributed by atoms with E-state index in [9.17, 15) is 9.90 Å². The number of aliphatic hydroxyl groups is 1. The number of rotatable bonds is 5. The summed E-state index contributed by atoms with van der Waals surface area (Å²) in [7, 11) is 0. The van der Waals surface area contributed by atoms with Crippen LogP contribution in [-0.2, 0) is 11.3 Å². The topological polar surface area (TPSA) is 104 Å². The van der Waals surface area contributed by atoms with E-state index in [0.29, 0.717) is 24.9 Å². The minimum Gasteiger partial charge on any atom is -0.388 e. The SMILES string of the molecule is Cc1cc(C2NNC3CCC(C(=O)N[C@@H]4CCC[C@](O)(Cn5ncc6ccccc65)C4)CC32)ccn1. The molecule has 1 saturated heterocycles. The van der Waals surface area contributed by atoms with Crippen LogP contribution in [0, 0.1) is 18.8 Å². The summed E-state index contributed by atoms with van der Waals surface area (Å²) in [5.41, 5.74) is 9.35. The van der Waals surface area contributed by atoms with E-state index in [-0.39, 0.29) is 23.9 Å². The van der Waals surface area contributed by atoms with Crippen molar-refractivity contribution in [3.8, 4) is 0 Å². The first kappa shape index (κ1) is 23.6. The largest absolute Gasteiger partial charge is 0.388 e. The molecular formula is C28H36N6O2. The molecule has 2 aliphatic carbocycles. The average molecular weight is 489 g/mol. The van der Waals surface area contributed by atoms with Gasteiger partial charge in [0.1, 0.15) is 0 Å². The van der Waals surface area contributed by atoms with Gasteiger partial charge in [-0.05, 0) is 81.5 Å². The molecule has 0 spiro atoms. The highest BCUT2D eigenvalue weighted by Crippen LogP contribution is 2.41. The van der Waals surface area contributed by atoms with Crippen LogP contribution in [0.15, 0.2) is 48.8 Å². The Bertz CT molecular complexity index is 1240. The predicted molar refractivity (Wildman–Crippen MR) is 138 cm³/mol. The second-order valence-corrected chi connectivity index (χ2v) is 11.2.